The van der Waals surface area contributed by atoms with Crippen molar-refractivity contribution in [3.63, 3.8) is 0 Å². The van der Waals surface area contributed by atoms with Gasteiger partial charge < -0.3 is 4.90 Å². The van der Waals surface area contributed by atoms with Crippen LogP contribution in [0.25, 0.3) is 0 Å². The summed E-state index contributed by atoms with van der Waals surface area (Å²) in [5.74, 6) is 0. The average molecular weight is 349 g/mol. The van der Waals surface area contributed by atoms with E-state index in [0.717, 1.165) is 28.4 Å². The summed E-state index contributed by atoms with van der Waals surface area (Å²) < 4.78 is 0. The summed E-state index contributed by atoms with van der Waals surface area (Å²) in [6.07, 6.45) is 0. The summed E-state index contributed by atoms with van der Waals surface area (Å²) >= 11 is 0. The molecule has 130 valence electrons. The van der Waals surface area contributed by atoms with Crippen LogP contribution in [-0.2, 0) is 0 Å². The van der Waals surface area contributed by atoms with Gasteiger partial charge in [0.15, 0.2) is 0 Å². The molecule has 0 saturated carbocycles. The van der Waals surface area contributed by atoms with Crippen molar-refractivity contribution in [2.75, 3.05) is 4.90 Å². The molecule has 3 heteroatoms. The van der Waals surface area contributed by atoms with E-state index in [1.54, 1.807) is 0 Å². The Bertz CT molecular complexity index is 956. The van der Waals surface area contributed by atoms with Crippen LogP contribution in [-0.4, -0.2) is 0 Å². The van der Waals surface area contributed by atoms with Crippen LogP contribution in [0.5, 0.6) is 0 Å². The first-order valence-corrected chi connectivity index (χ1v) is 8.87. The second kappa shape index (κ2) is 8.11. The number of anilines is 3. The fraction of sp³-hybridized carbons (Fsp3) is 0. The minimum absolute atomic E-state index is 0.823. The van der Waals surface area contributed by atoms with E-state index in [1.165, 1.54) is 0 Å². The third-order valence-electron chi connectivity index (χ3n) is 4.17. The highest BCUT2D eigenvalue weighted by Crippen LogP contribution is 2.35. The van der Waals surface area contributed by atoms with E-state index in [0.29, 0.717) is 0 Å². The minimum Gasteiger partial charge on any atom is -0.311 e. The van der Waals surface area contributed by atoms with E-state index in [4.69, 9.17) is 0 Å². The van der Waals surface area contributed by atoms with Gasteiger partial charge in [-0.1, -0.05) is 54.6 Å². The van der Waals surface area contributed by atoms with Crippen molar-refractivity contribution in [2.24, 2.45) is 10.2 Å². The molecule has 0 bridgehead atoms. The number of benzene rings is 4. The van der Waals surface area contributed by atoms with E-state index in [1.807, 2.05) is 78.9 Å². The molecule has 0 fully saturated rings. The highest BCUT2D eigenvalue weighted by Gasteiger charge is 2.11. The molecule has 0 N–H and O–H groups in total. The average Bonchev–Trinajstić information content (AvgIpc) is 2.76. The summed E-state index contributed by atoms with van der Waals surface area (Å²) in [5, 5.41) is 8.61. The zero-order valence-electron chi connectivity index (χ0n) is 14.8. The van der Waals surface area contributed by atoms with Crippen LogP contribution in [0.3, 0.4) is 0 Å². The molecule has 0 amide bonds. The topological polar surface area (TPSA) is 28.0 Å². The number of hydrogen-bond donors (Lipinski definition) is 0. The largest absolute Gasteiger partial charge is 0.311 e. The van der Waals surface area contributed by atoms with Gasteiger partial charge in [-0.2, -0.15) is 10.2 Å². The standard InChI is InChI=1S/C24H19N3/c1-4-10-20(11-5-1)25-26-21-16-18-24(19-17-21)27(22-12-6-2-7-13-22)23-14-8-3-9-15-23/h1-19H. The predicted molar refractivity (Wildman–Crippen MR) is 112 cm³/mol. The number of nitrogens with zero attached hydrogens (tertiary/aromatic N) is 3. The number of para-hydroxylation sites is 2. The van der Waals surface area contributed by atoms with Crippen molar-refractivity contribution in [1.82, 2.24) is 0 Å². The quantitative estimate of drug-likeness (QED) is 0.341. The van der Waals surface area contributed by atoms with Gasteiger partial charge in [0.2, 0.25) is 0 Å². The molecule has 4 aromatic rings. The molecule has 4 aromatic carbocycles. The molecule has 0 saturated heterocycles. The molecule has 4 rings (SSSR count). The molecule has 0 aliphatic heterocycles. The Hall–Kier alpha value is -3.72. The Balaban J connectivity index is 1.64. The van der Waals surface area contributed by atoms with Crippen molar-refractivity contribution in [3.8, 4) is 0 Å². The first kappa shape index (κ1) is 16.7. The third-order valence-corrected chi connectivity index (χ3v) is 4.17. The summed E-state index contributed by atoms with van der Waals surface area (Å²) in [6, 6.07) is 38.5. The summed E-state index contributed by atoms with van der Waals surface area (Å²) in [4.78, 5) is 2.22. The van der Waals surface area contributed by atoms with Crippen LogP contribution in [0.2, 0.25) is 0 Å². The molecule has 0 aliphatic carbocycles. The molecular weight excluding hydrogens is 330 g/mol. The molecule has 0 unspecified atom stereocenters. The van der Waals surface area contributed by atoms with Crippen molar-refractivity contribution in [1.29, 1.82) is 0 Å². The minimum atomic E-state index is 0.823. The van der Waals surface area contributed by atoms with Gasteiger partial charge in [-0.05, 0) is 60.7 Å². The van der Waals surface area contributed by atoms with E-state index in [9.17, 15) is 0 Å². The molecule has 0 atom stereocenters. The highest BCUT2D eigenvalue weighted by atomic mass is 15.1. The lowest BCUT2D eigenvalue weighted by Crippen LogP contribution is -2.09. The predicted octanol–water partition coefficient (Wildman–Crippen LogP) is 7.57. The summed E-state index contributed by atoms with van der Waals surface area (Å²) in [7, 11) is 0. The van der Waals surface area contributed by atoms with E-state index < -0.39 is 0 Å². The van der Waals surface area contributed by atoms with Crippen LogP contribution in [0.4, 0.5) is 28.4 Å². The molecule has 0 aromatic heterocycles. The van der Waals surface area contributed by atoms with E-state index in [-0.39, 0.29) is 0 Å². The van der Waals surface area contributed by atoms with Crippen LogP contribution in [0, 0.1) is 0 Å². The monoisotopic (exact) mass is 349 g/mol. The summed E-state index contributed by atoms with van der Waals surface area (Å²) in [6.45, 7) is 0. The van der Waals surface area contributed by atoms with Gasteiger partial charge in [0, 0.05) is 17.1 Å². The Morgan fingerprint density at radius 3 is 1.22 bits per heavy atom. The van der Waals surface area contributed by atoms with Gasteiger partial charge >= 0.3 is 0 Å². The lowest BCUT2D eigenvalue weighted by atomic mass is 10.2. The van der Waals surface area contributed by atoms with Crippen LogP contribution < -0.4 is 4.90 Å². The maximum atomic E-state index is 4.33. The second-order valence-electron chi connectivity index (χ2n) is 6.06. The molecule has 0 radical (unpaired) electrons. The Morgan fingerprint density at radius 2 is 0.741 bits per heavy atom. The van der Waals surface area contributed by atoms with Gasteiger partial charge in [0.05, 0.1) is 11.4 Å². The van der Waals surface area contributed by atoms with Gasteiger partial charge in [-0.3, -0.25) is 0 Å². The lowest BCUT2D eigenvalue weighted by Gasteiger charge is -2.25. The van der Waals surface area contributed by atoms with Crippen LogP contribution in [0.1, 0.15) is 0 Å². The molecule has 0 spiro atoms. The van der Waals surface area contributed by atoms with Gasteiger partial charge in [-0.25, -0.2) is 0 Å². The number of hydrogen-bond acceptors (Lipinski definition) is 3. The molecule has 3 nitrogen and oxygen atoms in total. The Morgan fingerprint density at radius 1 is 0.370 bits per heavy atom. The first-order chi connectivity index (χ1) is 13.4. The van der Waals surface area contributed by atoms with Gasteiger partial charge in [-0.15, -0.1) is 0 Å². The van der Waals surface area contributed by atoms with Gasteiger partial charge in [0.25, 0.3) is 0 Å². The van der Waals surface area contributed by atoms with E-state index >= 15 is 0 Å². The SMILES string of the molecule is c1ccc(N=Nc2ccc(N(c3ccccc3)c3ccccc3)cc2)cc1. The second-order valence-corrected chi connectivity index (χ2v) is 6.06. The van der Waals surface area contributed by atoms with Crippen LogP contribution in [0.15, 0.2) is 125 Å². The number of azo groups is 1. The molecular formula is C24H19N3. The first-order valence-electron chi connectivity index (χ1n) is 8.87. The summed E-state index contributed by atoms with van der Waals surface area (Å²) in [5.41, 5.74) is 4.97. The lowest BCUT2D eigenvalue weighted by molar-refractivity contribution is 1.22. The third kappa shape index (κ3) is 4.10. The fourth-order valence-corrected chi connectivity index (χ4v) is 2.88. The molecule has 0 aliphatic rings. The van der Waals surface area contributed by atoms with Crippen molar-refractivity contribution in [3.05, 3.63) is 115 Å². The Kier molecular flexibility index (Phi) is 5.02. The Labute approximate surface area is 159 Å². The van der Waals surface area contributed by atoms with Crippen molar-refractivity contribution in [2.45, 2.75) is 0 Å². The maximum Gasteiger partial charge on any atom is 0.0858 e. The smallest absolute Gasteiger partial charge is 0.0858 e. The van der Waals surface area contributed by atoms with Gasteiger partial charge in [0.1, 0.15) is 0 Å². The maximum absolute atomic E-state index is 4.33. The van der Waals surface area contributed by atoms with Crippen molar-refractivity contribution >= 4 is 28.4 Å². The molecule has 27 heavy (non-hydrogen) atoms. The highest BCUT2D eigenvalue weighted by molar-refractivity contribution is 5.76. The number of rotatable bonds is 5. The fourth-order valence-electron chi connectivity index (χ4n) is 2.88. The normalized spacial score (nSPS) is 10.8. The molecule has 0 heterocycles. The van der Waals surface area contributed by atoms with Crippen LogP contribution >= 0.6 is 0 Å². The van der Waals surface area contributed by atoms with Crippen molar-refractivity contribution < 1.29 is 0 Å². The zero-order valence-corrected chi connectivity index (χ0v) is 14.8. The zero-order chi connectivity index (χ0) is 18.3. The van der Waals surface area contributed by atoms with E-state index in [2.05, 4.69) is 51.5 Å².